The van der Waals surface area contributed by atoms with E-state index >= 15 is 0 Å². The summed E-state index contributed by atoms with van der Waals surface area (Å²) in [6.07, 6.45) is 0. The van der Waals surface area contributed by atoms with Gasteiger partial charge in [-0.05, 0) is 37.1 Å². The number of carbonyl (C=O) groups is 1. The van der Waals surface area contributed by atoms with E-state index in [9.17, 15) is 4.79 Å². The lowest BCUT2D eigenvalue weighted by atomic mass is 10.0. The Labute approximate surface area is 144 Å². The molecule has 0 bridgehead atoms. The summed E-state index contributed by atoms with van der Waals surface area (Å²) in [7, 11) is 0. The first kappa shape index (κ1) is 18.0. The quantitative estimate of drug-likeness (QED) is 0.770. The molecule has 0 aromatic heterocycles. The Kier molecular flexibility index (Phi) is 6.82. The second-order valence-electron chi connectivity index (χ2n) is 6.06. The molecule has 0 heterocycles. The number of rotatable bonds is 8. The van der Waals surface area contributed by atoms with Crippen LogP contribution in [0.25, 0.3) is 0 Å². The number of para-hydroxylation sites is 2. The predicted molar refractivity (Wildman–Crippen MR) is 98.3 cm³/mol. The molecule has 0 aliphatic heterocycles. The van der Waals surface area contributed by atoms with E-state index in [1.165, 1.54) is 0 Å². The fourth-order valence-electron chi connectivity index (χ4n) is 2.42. The topological polar surface area (TPSA) is 50.4 Å². The number of carbonyl (C=O) groups excluding carboxylic acids is 1. The SMILES string of the molecule is CCOc1ccccc1NC(=O)[C@@H](NCC(C)C)c1ccccc1. The highest BCUT2D eigenvalue weighted by molar-refractivity contribution is 5.96. The van der Waals surface area contributed by atoms with Crippen molar-refractivity contribution in [3.63, 3.8) is 0 Å². The Bertz CT molecular complexity index is 641. The molecule has 4 heteroatoms. The highest BCUT2D eigenvalue weighted by Gasteiger charge is 2.21. The van der Waals surface area contributed by atoms with Gasteiger partial charge in [-0.15, -0.1) is 0 Å². The van der Waals surface area contributed by atoms with E-state index in [0.717, 1.165) is 12.1 Å². The molecule has 0 spiro atoms. The van der Waals surface area contributed by atoms with E-state index in [1.54, 1.807) is 0 Å². The monoisotopic (exact) mass is 326 g/mol. The summed E-state index contributed by atoms with van der Waals surface area (Å²) < 4.78 is 5.59. The van der Waals surface area contributed by atoms with Gasteiger partial charge in [0.2, 0.25) is 5.91 Å². The van der Waals surface area contributed by atoms with Crippen molar-refractivity contribution in [1.82, 2.24) is 5.32 Å². The Morgan fingerprint density at radius 3 is 2.38 bits per heavy atom. The molecule has 2 rings (SSSR count). The van der Waals surface area contributed by atoms with Crippen LogP contribution in [0.15, 0.2) is 54.6 Å². The molecule has 2 aromatic carbocycles. The number of anilines is 1. The maximum atomic E-state index is 12.9. The first-order valence-corrected chi connectivity index (χ1v) is 8.42. The van der Waals surface area contributed by atoms with Crippen LogP contribution in [0.5, 0.6) is 5.75 Å². The van der Waals surface area contributed by atoms with Crippen molar-refractivity contribution < 1.29 is 9.53 Å². The maximum Gasteiger partial charge on any atom is 0.246 e. The fourth-order valence-corrected chi connectivity index (χ4v) is 2.42. The van der Waals surface area contributed by atoms with Crippen molar-refractivity contribution in [3.05, 3.63) is 60.2 Å². The van der Waals surface area contributed by atoms with Gasteiger partial charge in [0.25, 0.3) is 0 Å². The Morgan fingerprint density at radius 2 is 1.71 bits per heavy atom. The molecule has 4 nitrogen and oxygen atoms in total. The smallest absolute Gasteiger partial charge is 0.246 e. The lowest BCUT2D eigenvalue weighted by Gasteiger charge is -2.21. The van der Waals surface area contributed by atoms with Gasteiger partial charge in [-0.1, -0.05) is 56.3 Å². The molecule has 24 heavy (non-hydrogen) atoms. The van der Waals surface area contributed by atoms with E-state index in [1.807, 2.05) is 61.5 Å². The average molecular weight is 326 g/mol. The minimum Gasteiger partial charge on any atom is -0.492 e. The van der Waals surface area contributed by atoms with Gasteiger partial charge in [0.15, 0.2) is 0 Å². The molecule has 0 unspecified atom stereocenters. The summed E-state index contributed by atoms with van der Waals surface area (Å²) in [5.74, 6) is 1.05. The normalized spacial score (nSPS) is 12.0. The van der Waals surface area contributed by atoms with E-state index < -0.39 is 6.04 Å². The van der Waals surface area contributed by atoms with Crippen LogP contribution in [0.4, 0.5) is 5.69 Å². The number of benzene rings is 2. The van der Waals surface area contributed by atoms with Gasteiger partial charge in [0, 0.05) is 0 Å². The van der Waals surface area contributed by atoms with Gasteiger partial charge >= 0.3 is 0 Å². The molecular weight excluding hydrogens is 300 g/mol. The third-order valence-electron chi connectivity index (χ3n) is 3.57. The number of ether oxygens (including phenoxy) is 1. The largest absolute Gasteiger partial charge is 0.492 e. The van der Waals surface area contributed by atoms with Gasteiger partial charge in [-0.25, -0.2) is 0 Å². The second-order valence-corrected chi connectivity index (χ2v) is 6.06. The van der Waals surface area contributed by atoms with Gasteiger partial charge in [0.05, 0.1) is 12.3 Å². The highest BCUT2D eigenvalue weighted by Crippen LogP contribution is 2.25. The van der Waals surface area contributed by atoms with Gasteiger partial charge in [-0.3, -0.25) is 4.79 Å². The molecule has 1 amide bonds. The molecular formula is C20H26N2O2. The minimum absolute atomic E-state index is 0.0889. The van der Waals surface area contributed by atoms with Crippen molar-refractivity contribution in [2.45, 2.75) is 26.8 Å². The average Bonchev–Trinajstić information content (AvgIpc) is 2.58. The third-order valence-corrected chi connectivity index (χ3v) is 3.57. The summed E-state index contributed by atoms with van der Waals surface area (Å²) in [6, 6.07) is 16.9. The molecule has 0 fully saturated rings. The maximum absolute atomic E-state index is 12.9. The zero-order valence-corrected chi connectivity index (χ0v) is 14.6. The molecule has 0 aliphatic rings. The minimum atomic E-state index is -0.400. The standard InChI is InChI=1S/C20H26N2O2/c1-4-24-18-13-9-8-12-17(18)22-20(23)19(21-14-15(2)3)16-10-6-5-7-11-16/h5-13,15,19,21H,4,14H2,1-3H3,(H,22,23)/t19-/m0/s1. The summed E-state index contributed by atoms with van der Waals surface area (Å²) in [5.41, 5.74) is 1.64. The van der Waals surface area contributed by atoms with Crippen LogP contribution in [-0.4, -0.2) is 19.1 Å². The van der Waals surface area contributed by atoms with Crippen LogP contribution in [-0.2, 0) is 4.79 Å². The van der Waals surface area contributed by atoms with Gasteiger partial charge < -0.3 is 15.4 Å². The van der Waals surface area contributed by atoms with Crippen molar-refractivity contribution in [1.29, 1.82) is 0 Å². The van der Waals surface area contributed by atoms with Gasteiger partial charge in [0.1, 0.15) is 11.8 Å². The Balaban J connectivity index is 2.19. The van der Waals surface area contributed by atoms with Gasteiger partial charge in [-0.2, -0.15) is 0 Å². The molecule has 0 radical (unpaired) electrons. The molecule has 2 aromatic rings. The zero-order valence-electron chi connectivity index (χ0n) is 14.6. The van der Waals surface area contributed by atoms with E-state index in [4.69, 9.17) is 4.74 Å². The third kappa shape index (κ3) is 5.10. The van der Waals surface area contributed by atoms with Crippen LogP contribution in [0, 0.1) is 5.92 Å². The van der Waals surface area contributed by atoms with Crippen LogP contribution >= 0.6 is 0 Å². The summed E-state index contributed by atoms with van der Waals surface area (Å²) in [4.78, 5) is 12.9. The Morgan fingerprint density at radius 1 is 1.04 bits per heavy atom. The molecule has 1 atom stereocenters. The number of hydrogen-bond acceptors (Lipinski definition) is 3. The van der Waals surface area contributed by atoms with Crippen LogP contribution < -0.4 is 15.4 Å². The van der Waals surface area contributed by atoms with Crippen LogP contribution in [0.3, 0.4) is 0 Å². The molecule has 0 saturated heterocycles. The molecule has 0 aliphatic carbocycles. The predicted octanol–water partition coefficient (Wildman–Crippen LogP) is 4.01. The summed E-state index contributed by atoms with van der Waals surface area (Å²) in [5, 5.41) is 6.35. The summed E-state index contributed by atoms with van der Waals surface area (Å²) in [6.45, 7) is 7.49. The van der Waals surface area contributed by atoms with Crippen LogP contribution in [0.2, 0.25) is 0 Å². The lowest BCUT2D eigenvalue weighted by molar-refractivity contribution is -0.118. The van der Waals surface area contributed by atoms with Crippen molar-refractivity contribution in [2.24, 2.45) is 5.92 Å². The highest BCUT2D eigenvalue weighted by atomic mass is 16.5. The van der Waals surface area contributed by atoms with E-state index in [-0.39, 0.29) is 5.91 Å². The molecule has 128 valence electrons. The van der Waals surface area contributed by atoms with E-state index in [2.05, 4.69) is 24.5 Å². The first-order chi connectivity index (χ1) is 11.6. The molecule has 0 saturated carbocycles. The number of amides is 1. The number of hydrogen-bond donors (Lipinski definition) is 2. The number of nitrogens with one attached hydrogen (secondary N) is 2. The van der Waals surface area contributed by atoms with Crippen molar-refractivity contribution >= 4 is 11.6 Å². The lowest BCUT2D eigenvalue weighted by Crippen LogP contribution is -2.35. The zero-order chi connectivity index (χ0) is 17.4. The van der Waals surface area contributed by atoms with E-state index in [0.29, 0.717) is 24.0 Å². The Hall–Kier alpha value is -2.33. The fraction of sp³-hybridized carbons (Fsp3) is 0.350. The van der Waals surface area contributed by atoms with Crippen molar-refractivity contribution in [3.8, 4) is 5.75 Å². The molecule has 2 N–H and O–H groups in total. The van der Waals surface area contributed by atoms with Crippen molar-refractivity contribution in [2.75, 3.05) is 18.5 Å². The summed E-state index contributed by atoms with van der Waals surface area (Å²) >= 11 is 0. The first-order valence-electron chi connectivity index (χ1n) is 8.42. The van der Waals surface area contributed by atoms with Crippen LogP contribution in [0.1, 0.15) is 32.4 Å². The second kappa shape index (κ2) is 9.08.